The van der Waals surface area contributed by atoms with Gasteiger partial charge in [-0.1, -0.05) is 0 Å². The van der Waals surface area contributed by atoms with Crippen LogP contribution in [0.4, 0.5) is 0 Å². The number of fused-ring (bicyclic) bond motifs is 1. The number of rotatable bonds is 4. The van der Waals surface area contributed by atoms with Crippen molar-refractivity contribution in [2.24, 2.45) is 13.0 Å². The van der Waals surface area contributed by atoms with E-state index >= 15 is 0 Å². The molecule has 7 heteroatoms. The average Bonchev–Trinajstić information content (AvgIpc) is 3.13. The summed E-state index contributed by atoms with van der Waals surface area (Å²) >= 11 is 0. The molecule has 0 aromatic carbocycles. The van der Waals surface area contributed by atoms with Crippen LogP contribution in [0.15, 0.2) is 6.20 Å². The summed E-state index contributed by atoms with van der Waals surface area (Å²) < 4.78 is 26.3. The van der Waals surface area contributed by atoms with E-state index in [-0.39, 0.29) is 12.1 Å². The van der Waals surface area contributed by atoms with Crippen LogP contribution in [-0.4, -0.2) is 71.2 Å². The molecule has 0 amide bonds. The minimum absolute atomic E-state index is 0.145. The molecule has 2 atom stereocenters. The first-order valence-corrected chi connectivity index (χ1v) is 10.4. The Bertz CT molecular complexity index is 695. The second kappa shape index (κ2) is 5.57. The maximum atomic E-state index is 12.2. The zero-order valence-electron chi connectivity index (χ0n) is 14.0. The third-order valence-electron chi connectivity index (χ3n) is 5.58. The standard InChI is InChI=1S/C16H26N4O2S/c1-12-14(8-18(2)17-12)9-20-6-5-19(7-13-3-4-13)15-10-23(21,22)11-16(15)20/h8,13,15-16H,3-7,9-11H2,1-2H3/t15-,16+/m1/s1. The van der Waals surface area contributed by atoms with Gasteiger partial charge in [-0.05, 0) is 25.7 Å². The molecule has 4 rings (SSSR count). The van der Waals surface area contributed by atoms with E-state index in [1.807, 2.05) is 18.7 Å². The molecule has 3 fully saturated rings. The fourth-order valence-corrected chi connectivity index (χ4v) is 6.22. The quantitative estimate of drug-likeness (QED) is 0.796. The molecule has 0 spiro atoms. The molecular formula is C16H26N4O2S. The lowest BCUT2D eigenvalue weighted by Gasteiger charge is -2.44. The maximum Gasteiger partial charge on any atom is 0.153 e. The first-order valence-electron chi connectivity index (χ1n) is 8.59. The van der Waals surface area contributed by atoms with E-state index in [2.05, 4.69) is 21.1 Å². The highest BCUT2D eigenvalue weighted by molar-refractivity contribution is 7.91. The molecule has 3 aliphatic rings. The van der Waals surface area contributed by atoms with Gasteiger partial charge in [-0.2, -0.15) is 5.10 Å². The van der Waals surface area contributed by atoms with E-state index in [4.69, 9.17) is 0 Å². The summed E-state index contributed by atoms with van der Waals surface area (Å²) in [6.07, 6.45) is 4.70. The topological polar surface area (TPSA) is 58.4 Å². The Morgan fingerprint density at radius 1 is 1.17 bits per heavy atom. The molecule has 1 aromatic rings. The highest BCUT2D eigenvalue weighted by Crippen LogP contribution is 2.34. The molecule has 1 aromatic heterocycles. The normalized spacial score (nSPS) is 31.4. The Labute approximate surface area is 138 Å². The van der Waals surface area contributed by atoms with Gasteiger partial charge in [0.15, 0.2) is 9.84 Å². The van der Waals surface area contributed by atoms with Gasteiger partial charge in [-0.15, -0.1) is 0 Å². The minimum atomic E-state index is -2.91. The van der Waals surface area contributed by atoms with Gasteiger partial charge in [0.1, 0.15) is 0 Å². The van der Waals surface area contributed by atoms with Crippen LogP contribution in [0.1, 0.15) is 24.1 Å². The van der Waals surface area contributed by atoms with E-state index in [0.717, 1.165) is 37.8 Å². The van der Waals surface area contributed by atoms with Gasteiger partial charge < -0.3 is 0 Å². The van der Waals surface area contributed by atoms with Crippen molar-refractivity contribution in [2.45, 2.75) is 38.4 Å². The largest absolute Gasteiger partial charge is 0.296 e. The van der Waals surface area contributed by atoms with Crippen molar-refractivity contribution in [3.05, 3.63) is 17.5 Å². The number of aryl methyl sites for hydroxylation is 2. The van der Waals surface area contributed by atoms with Gasteiger partial charge in [0, 0.05) is 57.1 Å². The van der Waals surface area contributed by atoms with Crippen LogP contribution in [0.2, 0.25) is 0 Å². The van der Waals surface area contributed by atoms with Crippen LogP contribution in [0, 0.1) is 12.8 Å². The lowest BCUT2D eigenvalue weighted by molar-refractivity contribution is 0.0375. The van der Waals surface area contributed by atoms with E-state index in [9.17, 15) is 8.42 Å². The summed E-state index contributed by atoms with van der Waals surface area (Å²) in [6, 6.07) is 0.332. The van der Waals surface area contributed by atoms with Crippen molar-refractivity contribution in [1.82, 2.24) is 19.6 Å². The molecule has 1 saturated carbocycles. The van der Waals surface area contributed by atoms with Gasteiger partial charge >= 0.3 is 0 Å². The van der Waals surface area contributed by atoms with Gasteiger partial charge in [-0.3, -0.25) is 14.5 Å². The van der Waals surface area contributed by atoms with Crippen LogP contribution < -0.4 is 0 Å². The zero-order chi connectivity index (χ0) is 16.2. The molecule has 23 heavy (non-hydrogen) atoms. The number of piperazine rings is 1. The SMILES string of the molecule is Cc1nn(C)cc1CN1CCN(CC2CC2)[C@@H]2CS(=O)(=O)C[C@@H]21. The lowest BCUT2D eigenvalue weighted by atomic mass is 10.0. The van der Waals surface area contributed by atoms with Gasteiger partial charge in [0.05, 0.1) is 17.2 Å². The Morgan fingerprint density at radius 2 is 1.83 bits per heavy atom. The number of sulfone groups is 1. The molecule has 6 nitrogen and oxygen atoms in total. The number of hydrogen-bond acceptors (Lipinski definition) is 5. The smallest absolute Gasteiger partial charge is 0.153 e. The molecule has 2 saturated heterocycles. The summed E-state index contributed by atoms with van der Waals surface area (Å²) in [5, 5.41) is 4.41. The van der Waals surface area contributed by atoms with Gasteiger partial charge in [-0.25, -0.2) is 8.42 Å². The predicted octanol–water partition coefficient (Wildman–Crippen LogP) is 0.422. The Balaban J connectivity index is 1.53. The monoisotopic (exact) mass is 338 g/mol. The van der Waals surface area contributed by atoms with Crippen molar-refractivity contribution in [3.8, 4) is 0 Å². The van der Waals surface area contributed by atoms with Crippen LogP contribution in [0.3, 0.4) is 0 Å². The number of aromatic nitrogens is 2. The van der Waals surface area contributed by atoms with Crippen LogP contribution in [-0.2, 0) is 23.4 Å². The molecule has 0 N–H and O–H groups in total. The Morgan fingerprint density at radius 3 is 2.43 bits per heavy atom. The highest BCUT2D eigenvalue weighted by atomic mass is 32.2. The lowest BCUT2D eigenvalue weighted by Crippen LogP contribution is -2.59. The fourth-order valence-electron chi connectivity index (χ4n) is 4.17. The molecule has 0 unspecified atom stereocenters. The summed E-state index contributed by atoms with van der Waals surface area (Å²) in [5.41, 5.74) is 2.26. The summed E-state index contributed by atoms with van der Waals surface area (Å²) in [4.78, 5) is 4.84. The summed E-state index contributed by atoms with van der Waals surface area (Å²) in [5.74, 6) is 1.47. The predicted molar refractivity (Wildman–Crippen MR) is 88.9 cm³/mol. The van der Waals surface area contributed by atoms with Crippen molar-refractivity contribution >= 4 is 9.84 Å². The van der Waals surface area contributed by atoms with Crippen LogP contribution >= 0.6 is 0 Å². The van der Waals surface area contributed by atoms with Crippen molar-refractivity contribution in [1.29, 1.82) is 0 Å². The van der Waals surface area contributed by atoms with Crippen molar-refractivity contribution in [3.63, 3.8) is 0 Å². The first kappa shape index (κ1) is 15.6. The molecule has 3 heterocycles. The van der Waals surface area contributed by atoms with Crippen LogP contribution in [0.25, 0.3) is 0 Å². The third-order valence-corrected chi connectivity index (χ3v) is 7.28. The Hall–Kier alpha value is -0.920. The Kier molecular flexibility index (Phi) is 3.77. The summed E-state index contributed by atoms with van der Waals surface area (Å²) in [7, 11) is -0.974. The van der Waals surface area contributed by atoms with E-state index in [0.29, 0.717) is 11.5 Å². The van der Waals surface area contributed by atoms with E-state index < -0.39 is 9.84 Å². The molecular weight excluding hydrogens is 312 g/mol. The highest BCUT2D eigenvalue weighted by Gasteiger charge is 2.47. The zero-order valence-corrected chi connectivity index (χ0v) is 14.8. The fraction of sp³-hybridized carbons (Fsp3) is 0.812. The van der Waals surface area contributed by atoms with Crippen molar-refractivity contribution < 1.29 is 8.42 Å². The van der Waals surface area contributed by atoms with Gasteiger partial charge in [0.25, 0.3) is 0 Å². The third kappa shape index (κ3) is 3.19. The van der Waals surface area contributed by atoms with Gasteiger partial charge in [0.2, 0.25) is 0 Å². The van der Waals surface area contributed by atoms with Crippen molar-refractivity contribution in [2.75, 3.05) is 31.1 Å². The van der Waals surface area contributed by atoms with E-state index in [1.165, 1.54) is 18.4 Å². The number of nitrogens with zero attached hydrogens (tertiary/aromatic N) is 4. The maximum absolute atomic E-state index is 12.2. The minimum Gasteiger partial charge on any atom is -0.296 e. The first-order chi connectivity index (χ1) is 10.9. The van der Waals surface area contributed by atoms with Crippen LogP contribution in [0.5, 0.6) is 0 Å². The molecule has 0 bridgehead atoms. The molecule has 128 valence electrons. The molecule has 0 radical (unpaired) electrons. The molecule has 1 aliphatic carbocycles. The van der Waals surface area contributed by atoms with E-state index in [1.54, 1.807) is 0 Å². The molecule has 2 aliphatic heterocycles. The average molecular weight is 338 g/mol. The summed E-state index contributed by atoms with van der Waals surface area (Å²) in [6.45, 7) is 5.88. The second-order valence-electron chi connectivity index (χ2n) is 7.53. The second-order valence-corrected chi connectivity index (χ2v) is 9.69. The number of hydrogen-bond donors (Lipinski definition) is 0.